The zero-order valence-electron chi connectivity index (χ0n) is 10.2. The van der Waals surface area contributed by atoms with E-state index in [2.05, 4.69) is 19.2 Å². The zero-order valence-corrected chi connectivity index (χ0v) is 10.2. The van der Waals surface area contributed by atoms with Crippen molar-refractivity contribution in [2.24, 2.45) is 0 Å². The summed E-state index contributed by atoms with van der Waals surface area (Å²) in [5, 5.41) is 3.15. The van der Waals surface area contributed by atoms with Gasteiger partial charge in [0.25, 0.3) is 0 Å². The summed E-state index contributed by atoms with van der Waals surface area (Å²) in [6.45, 7) is 9.78. The molecular weight excluding hydrogens is 178 g/mol. The van der Waals surface area contributed by atoms with E-state index in [0.29, 0.717) is 6.42 Å². The van der Waals surface area contributed by atoms with Crippen LogP contribution in [0.5, 0.6) is 0 Å². The van der Waals surface area contributed by atoms with Gasteiger partial charge in [-0.1, -0.05) is 0 Å². The molecule has 84 valence electrons. The van der Waals surface area contributed by atoms with Crippen LogP contribution in [-0.4, -0.2) is 24.2 Å². The Bertz CT molecular complexity index is 192. The van der Waals surface area contributed by atoms with Gasteiger partial charge in [-0.3, -0.25) is 4.79 Å². The van der Waals surface area contributed by atoms with Crippen LogP contribution in [0.15, 0.2) is 0 Å². The van der Waals surface area contributed by atoms with E-state index in [1.54, 1.807) is 0 Å². The van der Waals surface area contributed by atoms with Gasteiger partial charge in [0.2, 0.25) is 0 Å². The van der Waals surface area contributed by atoms with Crippen LogP contribution in [0.2, 0.25) is 0 Å². The second-order valence-corrected chi connectivity index (χ2v) is 5.22. The second-order valence-electron chi connectivity index (χ2n) is 5.22. The third kappa shape index (κ3) is 6.89. The van der Waals surface area contributed by atoms with Crippen LogP contribution in [0, 0.1) is 0 Å². The monoisotopic (exact) mass is 201 g/mol. The topological polar surface area (TPSA) is 38.3 Å². The third-order valence-corrected chi connectivity index (χ3v) is 2.05. The molecule has 0 saturated heterocycles. The van der Waals surface area contributed by atoms with E-state index in [9.17, 15) is 4.79 Å². The summed E-state index contributed by atoms with van der Waals surface area (Å²) >= 11 is 0. The summed E-state index contributed by atoms with van der Waals surface area (Å²) < 4.78 is 5.21. The third-order valence-electron chi connectivity index (χ3n) is 2.05. The van der Waals surface area contributed by atoms with E-state index < -0.39 is 0 Å². The van der Waals surface area contributed by atoms with Gasteiger partial charge in [0.05, 0.1) is 0 Å². The van der Waals surface area contributed by atoms with E-state index in [1.807, 2.05) is 27.8 Å². The predicted molar refractivity (Wildman–Crippen MR) is 58.2 cm³/mol. The minimum absolute atomic E-state index is 0.00307. The van der Waals surface area contributed by atoms with E-state index >= 15 is 0 Å². The van der Waals surface area contributed by atoms with Gasteiger partial charge >= 0.3 is 5.97 Å². The first-order valence-corrected chi connectivity index (χ1v) is 5.07. The van der Waals surface area contributed by atoms with Crippen molar-refractivity contribution in [1.29, 1.82) is 0 Å². The van der Waals surface area contributed by atoms with Crippen LogP contribution >= 0.6 is 0 Å². The molecule has 0 heterocycles. The van der Waals surface area contributed by atoms with Gasteiger partial charge in [-0.25, -0.2) is 0 Å². The first-order chi connectivity index (χ1) is 6.16. The maximum Gasteiger partial charge on any atom is 0.306 e. The van der Waals surface area contributed by atoms with Crippen molar-refractivity contribution in [3.05, 3.63) is 0 Å². The molecule has 0 atom stereocenters. The first kappa shape index (κ1) is 13.4. The van der Waals surface area contributed by atoms with Crippen molar-refractivity contribution < 1.29 is 9.53 Å². The zero-order chi connectivity index (χ0) is 11.4. The molecule has 0 aromatic heterocycles. The molecule has 14 heavy (non-hydrogen) atoms. The van der Waals surface area contributed by atoms with Crippen LogP contribution in [0.3, 0.4) is 0 Å². The Morgan fingerprint density at radius 3 is 2.07 bits per heavy atom. The molecule has 0 bridgehead atoms. The molecule has 0 radical (unpaired) electrons. The van der Waals surface area contributed by atoms with Gasteiger partial charge in [0.15, 0.2) is 0 Å². The average molecular weight is 201 g/mol. The number of carbonyl (C=O) groups is 1. The summed E-state index contributed by atoms with van der Waals surface area (Å²) in [5.74, 6) is -0.124. The minimum Gasteiger partial charge on any atom is -0.460 e. The number of ether oxygens (including phenoxy) is 1. The maximum atomic E-state index is 11.4. The van der Waals surface area contributed by atoms with E-state index in [-0.39, 0.29) is 17.1 Å². The molecule has 0 aliphatic heterocycles. The summed E-state index contributed by atoms with van der Waals surface area (Å²) in [4.78, 5) is 11.4. The Morgan fingerprint density at radius 1 is 1.21 bits per heavy atom. The van der Waals surface area contributed by atoms with Gasteiger partial charge in [-0.15, -0.1) is 0 Å². The molecule has 0 spiro atoms. The highest BCUT2D eigenvalue weighted by Crippen LogP contribution is 2.14. The van der Waals surface area contributed by atoms with Crippen molar-refractivity contribution in [3.63, 3.8) is 0 Å². The predicted octanol–water partition coefficient (Wildman–Crippen LogP) is 2.11. The molecular formula is C11H23NO2. The average Bonchev–Trinajstić information content (AvgIpc) is 1.98. The van der Waals surface area contributed by atoms with Crippen LogP contribution < -0.4 is 5.32 Å². The number of carbonyl (C=O) groups excluding carboxylic acids is 1. The Morgan fingerprint density at radius 2 is 1.71 bits per heavy atom. The van der Waals surface area contributed by atoms with Crippen LogP contribution in [0.25, 0.3) is 0 Å². The van der Waals surface area contributed by atoms with Crippen LogP contribution in [0.4, 0.5) is 0 Å². The lowest BCUT2D eigenvalue weighted by molar-refractivity contribution is -0.155. The van der Waals surface area contributed by atoms with Crippen molar-refractivity contribution in [2.45, 2.75) is 58.6 Å². The van der Waals surface area contributed by atoms with E-state index in [0.717, 1.165) is 6.42 Å². The van der Waals surface area contributed by atoms with Crippen molar-refractivity contribution in [2.75, 3.05) is 7.05 Å². The van der Waals surface area contributed by atoms with E-state index in [4.69, 9.17) is 4.74 Å². The Labute approximate surface area is 87.2 Å². The van der Waals surface area contributed by atoms with Gasteiger partial charge in [-0.05, 0) is 48.1 Å². The fraction of sp³-hybridized carbons (Fsp3) is 0.909. The molecule has 0 amide bonds. The molecule has 0 saturated carbocycles. The lowest BCUT2D eigenvalue weighted by atomic mass is 9.99. The summed E-state index contributed by atoms with van der Waals surface area (Å²) in [6, 6.07) is 0. The standard InChI is InChI=1S/C11H23NO2/c1-10(2,3)14-9(13)7-8-11(4,5)12-6/h12H,7-8H2,1-6H3. The maximum absolute atomic E-state index is 11.4. The molecule has 3 nitrogen and oxygen atoms in total. The molecule has 0 fully saturated rings. The van der Waals surface area contributed by atoms with Gasteiger partial charge in [-0.2, -0.15) is 0 Å². The first-order valence-electron chi connectivity index (χ1n) is 5.07. The molecule has 0 aliphatic rings. The highest BCUT2D eigenvalue weighted by molar-refractivity contribution is 5.69. The number of rotatable bonds is 4. The summed E-state index contributed by atoms with van der Waals surface area (Å²) in [5.41, 5.74) is -0.377. The van der Waals surface area contributed by atoms with Crippen molar-refractivity contribution in [3.8, 4) is 0 Å². The quantitative estimate of drug-likeness (QED) is 0.708. The molecule has 0 aromatic carbocycles. The largest absolute Gasteiger partial charge is 0.460 e. The lowest BCUT2D eigenvalue weighted by Crippen LogP contribution is -2.37. The SMILES string of the molecule is CNC(C)(C)CCC(=O)OC(C)(C)C. The molecule has 0 aliphatic carbocycles. The summed E-state index contributed by atoms with van der Waals surface area (Å²) in [6.07, 6.45) is 1.25. The molecule has 0 rings (SSSR count). The number of esters is 1. The smallest absolute Gasteiger partial charge is 0.306 e. The summed E-state index contributed by atoms with van der Waals surface area (Å²) in [7, 11) is 1.90. The van der Waals surface area contributed by atoms with Crippen molar-refractivity contribution >= 4 is 5.97 Å². The van der Waals surface area contributed by atoms with Gasteiger partial charge in [0, 0.05) is 12.0 Å². The lowest BCUT2D eigenvalue weighted by Gasteiger charge is -2.25. The fourth-order valence-electron chi connectivity index (χ4n) is 0.932. The molecule has 3 heteroatoms. The highest BCUT2D eigenvalue weighted by atomic mass is 16.6. The van der Waals surface area contributed by atoms with Crippen LogP contribution in [-0.2, 0) is 9.53 Å². The molecule has 0 unspecified atom stereocenters. The van der Waals surface area contributed by atoms with Gasteiger partial charge < -0.3 is 10.1 Å². The Kier molecular flexibility index (Phi) is 4.59. The highest BCUT2D eigenvalue weighted by Gasteiger charge is 2.20. The van der Waals surface area contributed by atoms with Crippen LogP contribution in [0.1, 0.15) is 47.5 Å². The normalized spacial score (nSPS) is 12.7. The number of hydrogen-bond donors (Lipinski definition) is 1. The second kappa shape index (κ2) is 4.78. The molecule has 0 aromatic rings. The Balaban J connectivity index is 3.87. The molecule has 1 N–H and O–H groups in total. The number of hydrogen-bond acceptors (Lipinski definition) is 3. The van der Waals surface area contributed by atoms with E-state index in [1.165, 1.54) is 0 Å². The van der Waals surface area contributed by atoms with Crippen molar-refractivity contribution in [1.82, 2.24) is 5.32 Å². The minimum atomic E-state index is -0.374. The fourth-order valence-corrected chi connectivity index (χ4v) is 0.932. The number of nitrogens with one attached hydrogen (secondary N) is 1. The van der Waals surface area contributed by atoms with Gasteiger partial charge in [0.1, 0.15) is 5.60 Å². The Hall–Kier alpha value is -0.570.